The summed E-state index contributed by atoms with van der Waals surface area (Å²) in [6, 6.07) is 10.3. The van der Waals surface area contributed by atoms with E-state index >= 15 is 0 Å². The molecule has 2 aromatic rings. The number of aromatic hydroxyl groups is 1. The predicted molar refractivity (Wildman–Crippen MR) is 156 cm³/mol. The summed E-state index contributed by atoms with van der Waals surface area (Å²) in [6.45, 7) is 0. The predicted octanol–water partition coefficient (Wildman–Crippen LogP) is 1.21. The van der Waals surface area contributed by atoms with Gasteiger partial charge < -0.3 is 31.5 Å². The molecule has 0 radical (unpaired) electrons. The number of nitrogens with zero attached hydrogens (tertiary/aromatic N) is 2. The Kier molecular flexibility index (Phi) is 7.41. The Labute approximate surface area is 247 Å². The molecular formula is C31H34N4O8. The van der Waals surface area contributed by atoms with Gasteiger partial charge in [0.25, 0.3) is 5.91 Å². The highest BCUT2D eigenvalue weighted by atomic mass is 16.3. The van der Waals surface area contributed by atoms with E-state index in [4.69, 9.17) is 5.73 Å². The Bertz CT molecular complexity index is 1610. The van der Waals surface area contributed by atoms with Crippen LogP contribution in [0, 0.1) is 11.8 Å². The molecular weight excluding hydrogens is 556 g/mol. The van der Waals surface area contributed by atoms with Crippen LogP contribution in [0.15, 0.2) is 59.4 Å². The van der Waals surface area contributed by atoms with Gasteiger partial charge in [-0.15, -0.1) is 0 Å². The molecule has 7 N–H and O–H groups in total. The number of carbonyl (C=O) groups is 4. The van der Waals surface area contributed by atoms with E-state index in [9.17, 15) is 39.6 Å². The Morgan fingerprint density at radius 3 is 2.26 bits per heavy atom. The van der Waals surface area contributed by atoms with Crippen LogP contribution in [0.2, 0.25) is 0 Å². The molecule has 5 rings (SSSR count). The van der Waals surface area contributed by atoms with E-state index < -0.39 is 75.7 Å². The fourth-order valence-corrected chi connectivity index (χ4v) is 6.84. The van der Waals surface area contributed by atoms with Gasteiger partial charge >= 0.3 is 0 Å². The largest absolute Gasteiger partial charge is 0.508 e. The number of nitrogens with two attached hydrogens (primary N) is 1. The SMILES string of the molecule is CN(C)C(C(=O)Nc1ccc2c(c1O)C(O)=C1C(=O)C3(O)C(O)=C(C(N)=O)C(=O)[C@@H](N(C)C)C3CC1C2)c1ccccc1. The van der Waals surface area contributed by atoms with Crippen LogP contribution in [-0.2, 0) is 25.6 Å². The maximum absolute atomic E-state index is 14.0. The van der Waals surface area contributed by atoms with E-state index in [-0.39, 0.29) is 29.7 Å². The first-order valence-corrected chi connectivity index (χ1v) is 13.7. The number of amides is 2. The molecule has 0 aromatic heterocycles. The van der Waals surface area contributed by atoms with Gasteiger partial charge in [0.1, 0.15) is 28.9 Å². The normalized spacial score (nSPS) is 25.8. The van der Waals surface area contributed by atoms with Crippen LogP contribution in [0.3, 0.4) is 0 Å². The molecule has 2 aromatic carbocycles. The third-order valence-electron chi connectivity index (χ3n) is 8.73. The molecule has 226 valence electrons. The van der Waals surface area contributed by atoms with Crippen LogP contribution in [0.25, 0.3) is 5.76 Å². The number of phenolic OH excluding ortho intramolecular Hbond substituents is 1. The van der Waals surface area contributed by atoms with Gasteiger partial charge in [0.15, 0.2) is 11.4 Å². The number of Topliss-reactive ketones (excluding diaryl/α,β-unsaturated/α-hetero) is 2. The number of carbonyl (C=O) groups excluding carboxylic acids is 4. The maximum Gasteiger partial charge on any atom is 0.255 e. The van der Waals surface area contributed by atoms with Gasteiger partial charge in [-0.25, -0.2) is 0 Å². The van der Waals surface area contributed by atoms with Gasteiger partial charge in [0.2, 0.25) is 11.7 Å². The lowest BCUT2D eigenvalue weighted by Crippen LogP contribution is -2.65. The minimum atomic E-state index is -2.72. The summed E-state index contributed by atoms with van der Waals surface area (Å²) in [5.74, 6) is -7.75. The van der Waals surface area contributed by atoms with Crippen LogP contribution in [0.1, 0.15) is 29.2 Å². The number of ketones is 2. The molecule has 1 fully saturated rings. The maximum atomic E-state index is 14.0. The number of likely N-dealkylation sites (N-methyl/N-ethyl adjacent to an activating group) is 2. The standard InChI is InChI=1S/C31H34N4O8/c1-34(2)22(14-8-6-5-7-9-14)30(42)33-18-11-10-15-12-16-13-17-23(35(3)4)26(38)21(29(32)41)28(40)31(17,43)27(39)20(16)25(37)19(15)24(18)36/h5-11,16-17,22-23,36-37,40,43H,12-13H2,1-4H3,(H2,32,41)(H,33,42)/t16?,17?,22?,23-,31?/m0/s1. The van der Waals surface area contributed by atoms with E-state index in [1.165, 1.54) is 11.0 Å². The van der Waals surface area contributed by atoms with E-state index in [1.807, 2.05) is 6.07 Å². The van der Waals surface area contributed by atoms with Crippen LogP contribution in [0.5, 0.6) is 5.75 Å². The van der Waals surface area contributed by atoms with Crippen molar-refractivity contribution in [2.45, 2.75) is 30.5 Å². The monoisotopic (exact) mass is 590 g/mol. The second-order valence-corrected chi connectivity index (χ2v) is 11.7. The summed E-state index contributed by atoms with van der Waals surface area (Å²) in [6.07, 6.45) is 0.146. The lowest BCUT2D eigenvalue weighted by molar-refractivity contribution is -0.153. The zero-order valence-electron chi connectivity index (χ0n) is 24.2. The van der Waals surface area contributed by atoms with E-state index in [0.29, 0.717) is 5.56 Å². The summed E-state index contributed by atoms with van der Waals surface area (Å²) < 4.78 is 0. The number of hydrogen-bond acceptors (Lipinski definition) is 10. The number of nitrogens with one attached hydrogen (secondary N) is 1. The topological polar surface area (TPSA) is 194 Å². The summed E-state index contributed by atoms with van der Waals surface area (Å²) in [7, 11) is 6.56. The molecule has 1 saturated carbocycles. The van der Waals surface area contributed by atoms with Gasteiger partial charge in [0.05, 0.1) is 17.3 Å². The fourth-order valence-electron chi connectivity index (χ4n) is 6.84. The molecule has 12 nitrogen and oxygen atoms in total. The number of rotatable bonds is 6. The van der Waals surface area contributed by atoms with Gasteiger partial charge in [-0.2, -0.15) is 0 Å². The molecule has 3 aliphatic rings. The third-order valence-corrected chi connectivity index (χ3v) is 8.73. The van der Waals surface area contributed by atoms with Crippen LogP contribution in [-0.4, -0.2) is 93.4 Å². The number of anilines is 1. The number of hydrogen-bond donors (Lipinski definition) is 6. The highest BCUT2D eigenvalue weighted by Gasteiger charge is 2.64. The highest BCUT2D eigenvalue weighted by Crippen LogP contribution is 2.53. The molecule has 4 unspecified atom stereocenters. The third kappa shape index (κ3) is 4.49. The molecule has 12 heteroatoms. The summed E-state index contributed by atoms with van der Waals surface area (Å²) in [5.41, 5.74) is 2.59. The second-order valence-electron chi connectivity index (χ2n) is 11.7. The first kappa shape index (κ1) is 30.0. The molecule has 2 amide bonds. The Hall–Kier alpha value is -4.52. The fraction of sp³-hybridized carbons (Fsp3) is 0.355. The number of benzene rings is 2. The van der Waals surface area contributed by atoms with Crippen molar-refractivity contribution in [3.05, 3.63) is 76.1 Å². The number of primary amides is 1. The lowest BCUT2D eigenvalue weighted by Gasteiger charge is -2.50. The van der Waals surface area contributed by atoms with Crippen LogP contribution in [0.4, 0.5) is 5.69 Å². The Morgan fingerprint density at radius 1 is 1.02 bits per heavy atom. The smallest absolute Gasteiger partial charge is 0.255 e. The van der Waals surface area contributed by atoms with Crippen molar-refractivity contribution >= 4 is 34.8 Å². The molecule has 43 heavy (non-hydrogen) atoms. The molecule has 0 bridgehead atoms. The molecule has 0 saturated heterocycles. The minimum absolute atomic E-state index is 0.00734. The zero-order chi connectivity index (χ0) is 31.5. The van der Waals surface area contributed by atoms with Crippen molar-refractivity contribution in [2.75, 3.05) is 33.5 Å². The molecule has 0 aliphatic heterocycles. The quantitative estimate of drug-likeness (QED) is 0.210. The average molecular weight is 591 g/mol. The van der Waals surface area contributed by atoms with Crippen molar-refractivity contribution in [3.63, 3.8) is 0 Å². The summed E-state index contributed by atoms with van der Waals surface area (Å²) in [4.78, 5) is 55.8. The van der Waals surface area contributed by atoms with Gasteiger partial charge in [0, 0.05) is 11.5 Å². The Balaban J connectivity index is 1.58. The molecule has 0 heterocycles. The Morgan fingerprint density at radius 2 is 1.67 bits per heavy atom. The van der Waals surface area contributed by atoms with Crippen molar-refractivity contribution in [2.24, 2.45) is 17.6 Å². The average Bonchev–Trinajstić information content (AvgIpc) is 2.92. The van der Waals surface area contributed by atoms with Gasteiger partial charge in [-0.3, -0.25) is 29.0 Å². The van der Waals surface area contributed by atoms with Crippen molar-refractivity contribution in [1.29, 1.82) is 0 Å². The minimum Gasteiger partial charge on any atom is -0.508 e. The van der Waals surface area contributed by atoms with Gasteiger partial charge in [-0.1, -0.05) is 36.4 Å². The summed E-state index contributed by atoms with van der Waals surface area (Å²) in [5, 5.41) is 48.1. The first-order chi connectivity index (χ1) is 20.2. The number of aliphatic hydroxyl groups excluding tert-OH is 2. The van der Waals surface area contributed by atoms with Crippen molar-refractivity contribution in [3.8, 4) is 5.75 Å². The molecule has 0 spiro atoms. The van der Waals surface area contributed by atoms with Crippen molar-refractivity contribution < 1.29 is 39.6 Å². The van der Waals surface area contributed by atoms with E-state index in [0.717, 1.165) is 5.56 Å². The second kappa shape index (κ2) is 10.6. The van der Waals surface area contributed by atoms with Gasteiger partial charge in [-0.05, 0) is 64.1 Å². The molecule has 3 aliphatic carbocycles. The number of phenols is 1. The van der Waals surface area contributed by atoms with Crippen molar-refractivity contribution in [1.82, 2.24) is 9.80 Å². The highest BCUT2D eigenvalue weighted by molar-refractivity contribution is 6.24. The summed E-state index contributed by atoms with van der Waals surface area (Å²) >= 11 is 0. The zero-order valence-corrected chi connectivity index (χ0v) is 24.2. The van der Waals surface area contributed by atoms with E-state index in [2.05, 4.69) is 5.32 Å². The number of fused-ring (bicyclic) bond motifs is 3. The van der Waals surface area contributed by atoms with E-state index in [1.54, 1.807) is 63.4 Å². The first-order valence-electron chi connectivity index (χ1n) is 13.7. The van der Waals surface area contributed by atoms with Crippen LogP contribution < -0.4 is 11.1 Å². The van der Waals surface area contributed by atoms with Crippen LogP contribution >= 0.6 is 0 Å². The number of aliphatic hydroxyl groups is 3. The lowest BCUT2D eigenvalue weighted by atomic mass is 9.57. The molecule has 5 atom stereocenters.